The van der Waals surface area contributed by atoms with Crippen molar-refractivity contribution in [2.75, 3.05) is 0 Å². The number of fused-ring (bicyclic) bond motifs is 1. The van der Waals surface area contributed by atoms with Gasteiger partial charge in [-0.25, -0.2) is 4.98 Å². The Hall–Kier alpha value is -2.48. The molecule has 0 fully saturated rings. The fraction of sp³-hybridized carbons (Fsp3) is 0.375. The van der Waals surface area contributed by atoms with Crippen molar-refractivity contribution in [1.29, 1.82) is 0 Å². The van der Waals surface area contributed by atoms with E-state index in [0.717, 1.165) is 30.1 Å². The molecular formula is C16H17N5O2S. The van der Waals surface area contributed by atoms with Crippen LogP contribution in [-0.4, -0.2) is 31.6 Å². The molecule has 1 amide bonds. The first-order valence-electron chi connectivity index (χ1n) is 7.94. The summed E-state index contributed by atoms with van der Waals surface area (Å²) in [4.78, 5) is 21.7. The van der Waals surface area contributed by atoms with E-state index >= 15 is 0 Å². The summed E-state index contributed by atoms with van der Waals surface area (Å²) in [5.41, 5.74) is 0. The zero-order chi connectivity index (χ0) is 16.4. The SMILES string of the molecule is O=C(CCc1nc(-c2cccs2)no1)NC1CCc2nccn2C1. The second kappa shape index (κ2) is 6.56. The molecule has 3 aromatic heterocycles. The Morgan fingerprint density at radius 2 is 2.46 bits per heavy atom. The molecule has 0 saturated heterocycles. The minimum atomic E-state index is 0.0134. The molecule has 0 spiro atoms. The maximum absolute atomic E-state index is 12.1. The molecule has 4 rings (SSSR count). The Morgan fingerprint density at radius 3 is 3.33 bits per heavy atom. The van der Waals surface area contributed by atoms with Crippen LogP contribution in [0.5, 0.6) is 0 Å². The van der Waals surface area contributed by atoms with E-state index in [-0.39, 0.29) is 11.9 Å². The topological polar surface area (TPSA) is 85.8 Å². The smallest absolute Gasteiger partial charge is 0.227 e. The van der Waals surface area contributed by atoms with E-state index in [1.807, 2.05) is 23.7 Å². The maximum atomic E-state index is 12.1. The van der Waals surface area contributed by atoms with Crippen molar-refractivity contribution in [3.8, 4) is 10.7 Å². The average molecular weight is 343 g/mol. The molecule has 124 valence electrons. The predicted octanol–water partition coefficient (Wildman–Crippen LogP) is 2.06. The molecule has 0 aromatic carbocycles. The third-order valence-electron chi connectivity index (χ3n) is 4.08. The molecule has 0 saturated carbocycles. The number of hydrogen-bond donors (Lipinski definition) is 1. The van der Waals surface area contributed by atoms with Crippen LogP contribution in [0.2, 0.25) is 0 Å². The summed E-state index contributed by atoms with van der Waals surface area (Å²) in [5.74, 6) is 2.18. The van der Waals surface area contributed by atoms with Crippen molar-refractivity contribution in [1.82, 2.24) is 25.0 Å². The van der Waals surface area contributed by atoms with Crippen LogP contribution in [0.1, 0.15) is 24.6 Å². The number of amides is 1. The number of carbonyl (C=O) groups excluding carboxylic acids is 1. The van der Waals surface area contributed by atoms with Gasteiger partial charge in [0.05, 0.1) is 4.88 Å². The van der Waals surface area contributed by atoms with Gasteiger partial charge in [-0.15, -0.1) is 11.3 Å². The van der Waals surface area contributed by atoms with Gasteiger partial charge < -0.3 is 14.4 Å². The third kappa shape index (κ3) is 3.23. The monoisotopic (exact) mass is 343 g/mol. The zero-order valence-electron chi connectivity index (χ0n) is 13.0. The highest BCUT2D eigenvalue weighted by Crippen LogP contribution is 2.21. The Labute approximate surface area is 142 Å². The number of carbonyl (C=O) groups is 1. The van der Waals surface area contributed by atoms with E-state index in [9.17, 15) is 4.79 Å². The van der Waals surface area contributed by atoms with E-state index in [1.165, 1.54) is 0 Å². The normalized spacial score (nSPS) is 16.8. The number of aryl methyl sites for hydroxylation is 2. The summed E-state index contributed by atoms with van der Waals surface area (Å²) in [7, 11) is 0. The van der Waals surface area contributed by atoms with Crippen molar-refractivity contribution < 1.29 is 9.32 Å². The highest BCUT2D eigenvalue weighted by Gasteiger charge is 2.20. The second-order valence-electron chi connectivity index (χ2n) is 5.79. The van der Waals surface area contributed by atoms with Gasteiger partial charge in [0.25, 0.3) is 0 Å². The van der Waals surface area contributed by atoms with Crippen molar-refractivity contribution >= 4 is 17.2 Å². The fourth-order valence-electron chi connectivity index (χ4n) is 2.87. The van der Waals surface area contributed by atoms with Crippen LogP contribution in [0.15, 0.2) is 34.4 Å². The maximum Gasteiger partial charge on any atom is 0.227 e. The summed E-state index contributed by atoms with van der Waals surface area (Å²) >= 11 is 1.56. The van der Waals surface area contributed by atoms with Gasteiger partial charge in [-0.2, -0.15) is 4.98 Å². The first kappa shape index (κ1) is 15.1. The molecule has 0 aliphatic carbocycles. The summed E-state index contributed by atoms with van der Waals surface area (Å²) in [6.07, 6.45) is 6.38. The minimum Gasteiger partial charge on any atom is -0.352 e. The van der Waals surface area contributed by atoms with E-state index in [1.54, 1.807) is 17.5 Å². The zero-order valence-corrected chi connectivity index (χ0v) is 13.8. The lowest BCUT2D eigenvalue weighted by molar-refractivity contribution is -0.122. The minimum absolute atomic E-state index is 0.0134. The first-order valence-corrected chi connectivity index (χ1v) is 8.82. The molecule has 1 atom stereocenters. The third-order valence-corrected chi connectivity index (χ3v) is 4.94. The van der Waals surface area contributed by atoms with Crippen LogP contribution in [0, 0.1) is 0 Å². The van der Waals surface area contributed by atoms with Gasteiger partial charge in [0, 0.05) is 44.2 Å². The molecule has 1 unspecified atom stereocenters. The number of rotatable bonds is 5. The molecule has 4 heterocycles. The van der Waals surface area contributed by atoms with Crippen molar-refractivity contribution in [2.24, 2.45) is 0 Å². The van der Waals surface area contributed by atoms with Crippen molar-refractivity contribution in [2.45, 2.75) is 38.3 Å². The molecule has 8 heteroatoms. The second-order valence-corrected chi connectivity index (χ2v) is 6.74. The number of nitrogens with one attached hydrogen (secondary N) is 1. The molecule has 1 aliphatic heterocycles. The van der Waals surface area contributed by atoms with Crippen molar-refractivity contribution in [3.05, 3.63) is 41.6 Å². The quantitative estimate of drug-likeness (QED) is 0.766. The number of imidazole rings is 1. The highest BCUT2D eigenvalue weighted by molar-refractivity contribution is 7.13. The molecular weight excluding hydrogens is 326 g/mol. The van der Waals surface area contributed by atoms with Crippen LogP contribution < -0.4 is 5.32 Å². The largest absolute Gasteiger partial charge is 0.352 e. The van der Waals surface area contributed by atoms with Gasteiger partial charge >= 0.3 is 0 Å². The number of hydrogen-bond acceptors (Lipinski definition) is 6. The van der Waals surface area contributed by atoms with E-state index < -0.39 is 0 Å². The Balaban J connectivity index is 1.28. The van der Waals surface area contributed by atoms with Gasteiger partial charge in [0.2, 0.25) is 17.6 Å². The number of aromatic nitrogens is 4. The summed E-state index contributed by atoms with van der Waals surface area (Å²) in [6, 6.07) is 4.04. The van der Waals surface area contributed by atoms with Gasteiger partial charge in [-0.3, -0.25) is 4.79 Å². The molecule has 24 heavy (non-hydrogen) atoms. The lowest BCUT2D eigenvalue weighted by Gasteiger charge is -2.24. The standard InChI is InChI=1S/C16H17N5O2S/c22-14(18-11-3-4-13-17-7-8-21(13)10-11)5-6-15-19-16(20-23-15)12-2-1-9-24-12/h1-2,7-9,11H,3-6,10H2,(H,18,22). The summed E-state index contributed by atoms with van der Waals surface area (Å²) < 4.78 is 7.32. The first-order chi connectivity index (χ1) is 11.8. The lowest BCUT2D eigenvalue weighted by Crippen LogP contribution is -2.41. The van der Waals surface area contributed by atoms with Gasteiger partial charge in [0.1, 0.15) is 5.82 Å². The van der Waals surface area contributed by atoms with E-state index in [4.69, 9.17) is 4.52 Å². The van der Waals surface area contributed by atoms with Crippen LogP contribution >= 0.6 is 11.3 Å². The highest BCUT2D eigenvalue weighted by atomic mass is 32.1. The summed E-state index contributed by atoms with van der Waals surface area (Å²) in [5, 5.41) is 9.00. The Morgan fingerprint density at radius 1 is 1.50 bits per heavy atom. The molecule has 0 radical (unpaired) electrons. The molecule has 0 bridgehead atoms. The van der Waals surface area contributed by atoms with E-state index in [0.29, 0.717) is 24.6 Å². The van der Waals surface area contributed by atoms with Crippen LogP contribution in [0.3, 0.4) is 0 Å². The average Bonchev–Trinajstić information content (AvgIpc) is 3.32. The predicted molar refractivity (Wildman–Crippen MR) is 88.4 cm³/mol. The fourth-order valence-corrected chi connectivity index (χ4v) is 3.52. The number of nitrogens with zero attached hydrogens (tertiary/aromatic N) is 4. The molecule has 1 N–H and O–H groups in total. The van der Waals surface area contributed by atoms with Gasteiger partial charge in [-0.05, 0) is 17.9 Å². The van der Waals surface area contributed by atoms with Gasteiger partial charge in [0.15, 0.2) is 0 Å². The van der Waals surface area contributed by atoms with Crippen LogP contribution in [0.4, 0.5) is 0 Å². The molecule has 7 nitrogen and oxygen atoms in total. The molecule has 1 aliphatic rings. The Kier molecular flexibility index (Phi) is 4.12. The van der Waals surface area contributed by atoms with Gasteiger partial charge in [-0.1, -0.05) is 11.2 Å². The van der Waals surface area contributed by atoms with Crippen molar-refractivity contribution in [3.63, 3.8) is 0 Å². The molecule has 3 aromatic rings. The summed E-state index contributed by atoms with van der Waals surface area (Å²) in [6.45, 7) is 0.782. The van der Waals surface area contributed by atoms with E-state index in [2.05, 4.69) is 25.0 Å². The van der Waals surface area contributed by atoms with Crippen LogP contribution in [0.25, 0.3) is 10.7 Å². The van der Waals surface area contributed by atoms with Crippen LogP contribution in [-0.2, 0) is 24.2 Å². The Bertz CT molecular complexity index is 823. The number of thiophene rings is 1. The lowest BCUT2D eigenvalue weighted by atomic mass is 10.1.